The van der Waals surface area contributed by atoms with Crippen molar-refractivity contribution in [2.45, 2.75) is 0 Å². The lowest BCUT2D eigenvalue weighted by atomic mass is 10.6. The molecule has 0 atom stereocenters. The van der Waals surface area contributed by atoms with Crippen molar-refractivity contribution in [1.29, 1.82) is 5.41 Å². The minimum absolute atomic E-state index is 0.455. The minimum Gasteiger partial charge on any atom is -0.387 e. The first-order chi connectivity index (χ1) is 3.66. The Morgan fingerprint density at radius 2 is 2.38 bits per heavy atom. The third kappa shape index (κ3) is 3.10. The Kier molecular flexibility index (Phi) is 2.57. The number of nitrogens with two attached hydrogens (primary N) is 1. The van der Waals surface area contributed by atoms with Crippen molar-refractivity contribution >= 4 is 11.9 Å². The average Bonchev–Trinajstić information content (AvgIpc) is 1.65. The van der Waals surface area contributed by atoms with Crippen LogP contribution in [0.1, 0.15) is 0 Å². The van der Waals surface area contributed by atoms with Gasteiger partial charge in [0.25, 0.3) is 5.91 Å². The van der Waals surface area contributed by atoms with Gasteiger partial charge in [0.05, 0.1) is 0 Å². The summed E-state index contributed by atoms with van der Waals surface area (Å²) in [6.45, 7) is -0.639. The van der Waals surface area contributed by atoms with E-state index in [1.54, 1.807) is 0 Å². The molecule has 5 heteroatoms. The largest absolute Gasteiger partial charge is 0.387 e. The van der Waals surface area contributed by atoms with Crippen LogP contribution in [0, 0.1) is 5.41 Å². The monoisotopic (exact) mass is 117 g/mol. The maximum atomic E-state index is 10.0. The molecule has 0 saturated heterocycles. The van der Waals surface area contributed by atoms with E-state index < -0.39 is 18.5 Å². The van der Waals surface area contributed by atoms with Crippen molar-refractivity contribution < 1.29 is 9.90 Å². The lowest BCUT2D eigenvalue weighted by molar-refractivity contribution is -0.122. The van der Waals surface area contributed by atoms with Gasteiger partial charge in [-0.3, -0.25) is 15.5 Å². The number of guanidine groups is 1. The van der Waals surface area contributed by atoms with Crippen LogP contribution in [-0.2, 0) is 4.79 Å². The van der Waals surface area contributed by atoms with E-state index in [2.05, 4.69) is 0 Å². The minimum atomic E-state index is -0.669. The highest BCUT2D eigenvalue weighted by Gasteiger charge is 1.95. The highest BCUT2D eigenvalue weighted by Crippen LogP contribution is 1.56. The Morgan fingerprint density at radius 1 is 1.88 bits per heavy atom. The van der Waals surface area contributed by atoms with E-state index in [1.807, 2.05) is 5.32 Å². The van der Waals surface area contributed by atoms with Gasteiger partial charge in [0.1, 0.15) is 6.61 Å². The van der Waals surface area contributed by atoms with Crippen molar-refractivity contribution in [3.8, 4) is 0 Å². The molecule has 46 valence electrons. The number of amides is 1. The topological polar surface area (TPSA) is 99.2 Å². The number of carbonyl (C=O) groups excluding carboxylic acids is 1. The summed E-state index contributed by atoms with van der Waals surface area (Å²) in [4.78, 5) is 10.0. The molecule has 0 saturated carbocycles. The van der Waals surface area contributed by atoms with E-state index in [-0.39, 0.29) is 0 Å². The third-order valence-electron chi connectivity index (χ3n) is 0.418. The average molecular weight is 117 g/mol. The molecule has 0 fully saturated rings. The molecule has 0 spiro atoms. The third-order valence-corrected chi connectivity index (χ3v) is 0.418. The van der Waals surface area contributed by atoms with Gasteiger partial charge in [-0.15, -0.1) is 0 Å². The molecule has 8 heavy (non-hydrogen) atoms. The van der Waals surface area contributed by atoms with Crippen LogP contribution in [0.15, 0.2) is 0 Å². The zero-order chi connectivity index (χ0) is 6.57. The van der Waals surface area contributed by atoms with Crippen LogP contribution in [0.4, 0.5) is 0 Å². The van der Waals surface area contributed by atoms with Gasteiger partial charge in [0.15, 0.2) is 5.96 Å². The highest BCUT2D eigenvalue weighted by molar-refractivity contribution is 5.94. The highest BCUT2D eigenvalue weighted by atomic mass is 16.3. The van der Waals surface area contributed by atoms with Gasteiger partial charge in [0, 0.05) is 0 Å². The Bertz CT molecular complexity index is 111. The molecule has 0 aliphatic heterocycles. The van der Waals surface area contributed by atoms with E-state index in [0.717, 1.165) is 0 Å². The molecule has 0 aliphatic carbocycles. The second-order valence-corrected chi connectivity index (χ2v) is 1.12. The number of hydrogen-bond acceptors (Lipinski definition) is 3. The predicted octanol–water partition coefficient (Wildman–Crippen LogP) is -2.01. The van der Waals surface area contributed by atoms with Crippen molar-refractivity contribution in [3.63, 3.8) is 0 Å². The molecule has 1 amide bonds. The first kappa shape index (κ1) is 6.90. The molecule has 0 aromatic heterocycles. The second kappa shape index (κ2) is 2.98. The molecule has 0 aliphatic rings. The maximum absolute atomic E-state index is 10.0. The van der Waals surface area contributed by atoms with Gasteiger partial charge in [-0.1, -0.05) is 0 Å². The van der Waals surface area contributed by atoms with Crippen molar-refractivity contribution in [2.24, 2.45) is 5.73 Å². The summed E-state index contributed by atoms with van der Waals surface area (Å²) in [7, 11) is 0. The van der Waals surface area contributed by atoms with Crippen LogP contribution in [0.25, 0.3) is 0 Å². The number of aliphatic hydroxyl groups is 1. The molecule has 0 bridgehead atoms. The Labute approximate surface area is 46.0 Å². The number of nitrogens with one attached hydrogen (secondary N) is 2. The fraction of sp³-hybridized carbons (Fsp3) is 0.333. The van der Waals surface area contributed by atoms with Gasteiger partial charge in [-0.05, 0) is 0 Å². The summed E-state index contributed by atoms with van der Waals surface area (Å²) < 4.78 is 0. The van der Waals surface area contributed by atoms with Crippen molar-refractivity contribution in [3.05, 3.63) is 0 Å². The summed E-state index contributed by atoms with van der Waals surface area (Å²) in [6.07, 6.45) is 0. The van der Waals surface area contributed by atoms with Gasteiger partial charge < -0.3 is 10.8 Å². The molecule has 0 aromatic rings. The van der Waals surface area contributed by atoms with Crippen LogP contribution < -0.4 is 11.1 Å². The maximum Gasteiger partial charge on any atom is 0.252 e. The molecule has 0 radical (unpaired) electrons. The van der Waals surface area contributed by atoms with E-state index in [9.17, 15) is 4.79 Å². The van der Waals surface area contributed by atoms with Crippen molar-refractivity contribution in [2.75, 3.05) is 6.61 Å². The molecule has 0 unspecified atom stereocenters. The van der Waals surface area contributed by atoms with Crippen LogP contribution in [-0.4, -0.2) is 23.6 Å². The fourth-order valence-corrected chi connectivity index (χ4v) is 0.190. The Morgan fingerprint density at radius 3 is 2.50 bits per heavy atom. The smallest absolute Gasteiger partial charge is 0.252 e. The van der Waals surface area contributed by atoms with E-state index >= 15 is 0 Å². The quantitative estimate of drug-likeness (QED) is 0.236. The Balaban J connectivity index is 3.40. The van der Waals surface area contributed by atoms with Crippen LogP contribution in [0.3, 0.4) is 0 Å². The van der Waals surface area contributed by atoms with Crippen LogP contribution >= 0.6 is 0 Å². The molecular formula is C3H7N3O2. The van der Waals surface area contributed by atoms with E-state index in [0.29, 0.717) is 0 Å². The molecule has 5 N–H and O–H groups in total. The summed E-state index contributed by atoms with van der Waals surface area (Å²) in [5.74, 6) is -1.12. The summed E-state index contributed by atoms with van der Waals surface area (Å²) >= 11 is 0. The van der Waals surface area contributed by atoms with Crippen LogP contribution in [0.2, 0.25) is 0 Å². The van der Waals surface area contributed by atoms with E-state index in [4.69, 9.17) is 16.2 Å². The number of carbonyl (C=O) groups is 1. The second-order valence-electron chi connectivity index (χ2n) is 1.12. The molecule has 0 rings (SSSR count). The van der Waals surface area contributed by atoms with Gasteiger partial charge in [-0.25, -0.2) is 0 Å². The lowest BCUT2D eigenvalue weighted by Crippen LogP contribution is -2.37. The number of rotatable bonds is 1. The van der Waals surface area contributed by atoms with Crippen molar-refractivity contribution in [1.82, 2.24) is 5.32 Å². The number of aliphatic hydroxyl groups excluding tert-OH is 1. The van der Waals surface area contributed by atoms with Gasteiger partial charge in [-0.2, -0.15) is 0 Å². The standard InChI is InChI=1S/C3H7N3O2/c4-3(5)6-2(8)1-7/h7H,1H2,(H4,4,5,6,8). The fourth-order valence-electron chi connectivity index (χ4n) is 0.190. The molecule has 0 aromatic carbocycles. The lowest BCUT2D eigenvalue weighted by Gasteiger charge is -1.95. The first-order valence-electron chi connectivity index (χ1n) is 1.91. The van der Waals surface area contributed by atoms with Gasteiger partial charge in [0.2, 0.25) is 0 Å². The molecule has 5 nitrogen and oxygen atoms in total. The van der Waals surface area contributed by atoms with Gasteiger partial charge >= 0.3 is 0 Å². The molecule has 0 heterocycles. The predicted molar refractivity (Wildman–Crippen MR) is 27.1 cm³/mol. The first-order valence-corrected chi connectivity index (χ1v) is 1.91. The molecular weight excluding hydrogens is 110 g/mol. The summed E-state index contributed by atoms with van der Waals surface area (Å²) in [5.41, 5.74) is 4.71. The zero-order valence-electron chi connectivity index (χ0n) is 4.14. The summed E-state index contributed by atoms with van der Waals surface area (Å²) in [6, 6.07) is 0. The zero-order valence-corrected chi connectivity index (χ0v) is 4.14. The van der Waals surface area contributed by atoms with Crippen LogP contribution in [0.5, 0.6) is 0 Å². The Hall–Kier alpha value is -1.10. The SMILES string of the molecule is N=C(N)NC(=O)CO. The number of hydrogen-bond donors (Lipinski definition) is 4. The summed E-state index contributed by atoms with van der Waals surface area (Å²) in [5, 5.41) is 16.3. The normalized spacial score (nSPS) is 8.12. The van der Waals surface area contributed by atoms with E-state index in [1.165, 1.54) is 0 Å².